The van der Waals surface area contributed by atoms with Crippen molar-refractivity contribution in [2.75, 3.05) is 13.2 Å². The maximum Gasteiger partial charge on any atom is 0.244 e. The fraction of sp³-hybridized carbons (Fsp3) is 0.500. The van der Waals surface area contributed by atoms with Gasteiger partial charge in [-0.1, -0.05) is 12.1 Å². The van der Waals surface area contributed by atoms with E-state index in [9.17, 15) is 13.5 Å². The lowest BCUT2D eigenvalue weighted by Gasteiger charge is -2.11. The van der Waals surface area contributed by atoms with Crippen LogP contribution in [0.3, 0.4) is 0 Å². The monoisotopic (exact) mass is 271 g/mol. The highest BCUT2D eigenvalue weighted by atomic mass is 32.2. The Morgan fingerprint density at radius 1 is 1.39 bits per heavy atom. The molecule has 0 radical (unpaired) electrons. The molecule has 1 atom stereocenters. The van der Waals surface area contributed by atoms with Crippen molar-refractivity contribution in [3.05, 3.63) is 24.3 Å². The molecule has 0 aliphatic carbocycles. The van der Waals surface area contributed by atoms with Crippen LogP contribution >= 0.6 is 0 Å². The number of phenolic OH excluding ortho intramolecular Hbond substituents is 1. The van der Waals surface area contributed by atoms with Crippen LogP contribution in [0, 0.1) is 0 Å². The molecule has 0 spiro atoms. The Kier molecular flexibility index (Phi) is 4.21. The van der Waals surface area contributed by atoms with Crippen molar-refractivity contribution < 1.29 is 18.3 Å². The number of para-hydroxylation sites is 1. The number of ether oxygens (including phenoxy) is 1. The van der Waals surface area contributed by atoms with Gasteiger partial charge in [-0.15, -0.1) is 0 Å². The zero-order chi connectivity index (χ0) is 13.0. The molecular weight excluding hydrogens is 254 g/mol. The fourth-order valence-corrected chi connectivity index (χ4v) is 3.13. The molecule has 0 amide bonds. The molecule has 1 aliphatic rings. The number of hydrogen-bond donors (Lipinski definition) is 2. The summed E-state index contributed by atoms with van der Waals surface area (Å²) in [5.74, 6) is -0.234. The molecule has 1 fully saturated rings. The summed E-state index contributed by atoms with van der Waals surface area (Å²) < 4.78 is 31.7. The predicted molar refractivity (Wildman–Crippen MR) is 66.9 cm³/mol. The molecule has 1 aromatic carbocycles. The summed E-state index contributed by atoms with van der Waals surface area (Å²) in [5, 5.41) is 9.51. The summed E-state index contributed by atoms with van der Waals surface area (Å²) in [7, 11) is -3.64. The molecule has 2 rings (SSSR count). The van der Waals surface area contributed by atoms with Gasteiger partial charge in [0.1, 0.15) is 10.6 Å². The van der Waals surface area contributed by atoms with Gasteiger partial charge in [-0.05, 0) is 31.4 Å². The van der Waals surface area contributed by atoms with E-state index in [0.29, 0.717) is 13.0 Å². The van der Waals surface area contributed by atoms with Crippen LogP contribution < -0.4 is 4.72 Å². The van der Waals surface area contributed by atoms with Crippen LogP contribution in [-0.4, -0.2) is 32.8 Å². The quantitative estimate of drug-likeness (QED) is 0.845. The van der Waals surface area contributed by atoms with E-state index in [1.54, 1.807) is 12.1 Å². The molecule has 18 heavy (non-hydrogen) atoms. The summed E-state index contributed by atoms with van der Waals surface area (Å²) in [4.78, 5) is -0.0858. The van der Waals surface area contributed by atoms with Gasteiger partial charge in [0.15, 0.2) is 0 Å². The number of benzene rings is 1. The Morgan fingerprint density at radius 3 is 2.83 bits per heavy atom. The fourth-order valence-electron chi connectivity index (χ4n) is 1.99. The molecule has 100 valence electrons. The van der Waals surface area contributed by atoms with Gasteiger partial charge in [0.05, 0.1) is 6.10 Å². The molecule has 1 heterocycles. The van der Waals surface area contributed by atoms with E-state index in [1.165, 1.54) is 12.1 Å². The third-order valence-corrected chi connectivity index (χ3v) is 4.45. The zero-order valence-corrected chi connectivity index (χ0v) is 10.8. The first-order valence-electron chi connectivity index (χ1n) is 5.99. The normalized spacial score (nSPS) is 20.1. The molecule has 0 saturated carbocycles. The minimum absolute atomic E-state index is 0.0858. The topological polar surface area (TPSA) is 75.6 Å². The van der Waals surface area contributed by atoms with Crippen LogP contribution in [0.15, 0.2) is 29.2 Å². The number of hydrogen-bond acceptors (Lipinski definition) is 4. The summed E-state index contributed by atoms with van der Waals surface area (Å²) in [6.07, 6.45) is 2.83. The first kappa shape index (κ1) is 13.3. The Morgan fingerprint density at radius 2 is 2.17 bits per heavy atom. The first-order valence-corrected chi connectivity index (χ1v) is 7.47. The van der Waals surface area contributed by atoms with Gasteiger partial charge < -0.3 is 9.84 Å². The van der Waals surface area contributed by atoms with Crippen LogP contribution in [0.1, 0.15) is 19.3 Å². The van der Waals surface area contributed by atoms with Crippen molar-refractivity contribution in [3.63, 3.8) is 0 Å². The third kappa shape index (κ3) is 3.22. The van der Waals surface area contributed by atoms with E-state index < -0.39 is 10.0 Å². The highest BCUT2D eigenvalue weighted by Gasteiger charge is 2.19. The molecule has 1 saturated heterocycles. The van der Waals surface area contributed by atoms with E-state index in [2.05, 4.69) is 4.72 Å². The molecule has 0 bridgehead atoms. The Labute approximate surface area is 107 Å². The van der Waals surface area contributed by atoms with Crippen LogP contribution in [0.2, 0.25) is 0 Å². The largest absolute Gasteiger partial charge is 0.507 e. The van der Waals surface area contributed by atoms with Gasteiger partial charge in [0.25, 0.3) is 0 Å². The van der Waals surface area contributed by atoms with E-state index in [4.69, 9.17) is 4.74 Å². The second-order valence-corrected chi connectivity index (χ2v) is 6.02. The van der Waals surface area contributed by atoms with Gasteiger partial charge in [-0.3, -0.25) is 0 Å². The van der Waals surface area contributed by atoms with Crippen LogP contribution in [0.5, 0.6) is 5.75 Å². The highest BCUT2D eigenvalue weighted by molar-refractivity contribution is 7.89. The smallest absolute Gasteiger partial charge is 0.244 e. The lowest BCUT2D eigenvalue weighted by molar-refractivity contribution is 0.105. The van der Waals surface area contributed by atoms with Gasteiger partial charge in [0.2, 0.25) is 10.0 Å². The van der Waals surface area contributed by atoms with E-state index >= 15 is 0 Å². The van der Waals surface area contributed by atoms with Crippen molar-refractivity contribution in [1.82, 2.24) is 4.72 Å². The van der Waals surface area contributed by atoms with E-state index in [-0.39, 0.29) is 16.7 Å². The number of nitrogens with one attached hydrogen (secondary N) is 1. The van der Waals surface area contributed by atoms with Crippen molar-refractivity contribution in [2.24, 2.45) is 0 Å². The molecule has 0 aromatic heterocycles. The predicted octanol–water partition coefficient (Wildman–Crippen LogP) is 1.24. The van der Waals surface area contributed by atoms with Crippen molar-refractivity contribution in [3.8, 4) is 5.75 Å². The average molecular weight is 271 g/mol. The van der Waals surface area contributed by atoms with Gasteiger partial charge >= 0.3 is 0 Å². The third-order valence-electron chi connectivity index (χ3n) is 2.94. The van der Waals surface area contributed by atoms with Gasteiger partial charge in [-0.25, -0.2) is 13.1 Å². The minimum Gasteiger partial charge on any atom is -0.507 e. The molecule has 2 N–H and O–H groups in total. The van der Waals surface area contributed by atoms with Gasteiger partial charge in [-0.2, -0.15) is 0 Å². The highest BCUT2D eigenvalue weighted by Crippen LogP contribution is 2.21. The summed E-state index contributed by atoms with van der Waals surface area (Å²) in [6, 6.07) is 5.90. The minimum atomic E-state index is -3.64. The van der Waals surface area contributed by atoms with Crippen molar-refractivity contribution >= 4 is 10.0 Å². The van der Waals surface area contributed by atoms with Crippen LogP contribution in [0.4, 0.5) is 0 Å². The van der Waals surface area contributed by atoms with Crippen molar-refractivity contribution in [1.29, 1.82) is 0 Å². The molecule has 1 aliphatic heterocycles. The van der Waals surface area contributed by atoms with Gasteiger partial charge in [0, 0.05) is 13.2 Å². The SMILES string of the molecule is O=S(=O)(NCCC1CCCO1)c1ccccc1O. The van der Waals surface area contributed by atoms with Crippen LogP contribution in [0.25, 0.3) is 0 Å². The molecule has 1 aromatic rings. The van der Waals surface area contributed by atoms with E-state index in [0.717, 1.165) is 19.4 Å². The maximum absolute atomic E-state index is 11.9. The number of rotatable bonds is 5. The second-order valence-electron chi connectivity index (χ2n) is 4.29. The summed E-state index contributed by atoms with van der Waals surface area (Å²) in [6.45, 7) is 1.08. The molecule has 6 heteroatoms. The Balaban J connectivity index is 1.93. The number of sulfonamides is 1. The van der Waals surface area contributed by atoms with E-state index in [1.807, 2.05) is 0 Å². The Hall–Kier alpha value is -1.11. The number of aromatic hydroxyl groups is 1. The lowest BCUT2D eigenvalue weighted by Crippen LogP contribution is -2.27. The number of phenols is 1. The first-order chi connectivity index (χ1) is 8.59. The maximum atomic E-state index is 11.9. The molecule has 1 unspecified atom stereocenters. The molecular formula is C12H17NO4S. The Bertz CT molecular complexity index is 495. The second kappa shape index (κ2) is 5.69. The average Bonchev–Trinajstić information content (AvgIpc) is 2.82. The standard InChI is InChI=1S/C12H17NO4S/c14-11-5-1-2-6-12(11)18(15,16)13-8-7-10-4-3-9-17-10/h1-2,5-6,10,13-14H,3-4,7-9H2. The summed E-state index contributed by atoms with van der Waals surface area (Å²) >= 11 is 0. The van der Waals surface area contributed by atoms with Crippen LogP contribution in [-0.2, 0) is 14.8 Å². The zero-order valence-electron chi connectivity index (χ0n) is 10.0. The molecule has 5 nitrogen and oxygen atoms in total. The lowest BCUT2D eigenvalue weighted by atomic mass is 10.2. The van der Waals surface area contributed by atoms with Crippen molar-refractivity contribution in [2.45, 2.75) is 30.3 Å². The summed E-state index contributed by atoms with van der Waals surface area (Å²) in [5.41, 5.74) is 0.